The van der Waals surface area contributed by atoms with Gasteiger partial charge in [0.05, 0.1) is 11.9 Å². The van der Waals surface area contributed by atoms with E-state index in [-0.39, 0.29) is 0 Å². The maximum Gasteiger partial charge on any atom is 0.211 e. The van der Waals surface area contributed by atoms with Crippen LogP contribution >= 0.6 is 0 Å². The molecular formula is C10H21N5O2S. The molecule has 1 heterocycles. The fraction of sp³-hybridized carbons (Fsp3) is 0.800. The van der Waals surface area contributed by atoms with Crippen molar-refractivity contribution in [3.8, 4) is 0 Å². The van der Waals surface area contributed by atoms with Crippen molar-refractivity contribution >= 4 is 10.0 Å². The van der Waals surface area contributed by atoms with Crippen LogP contribution in [0.25, 0.3) is 0 Å². The van der Waals surface area contributed by atoms with Gasteiger partial charge in [0.25, 0.3) is 0 Å². The van der Waals surface area contributed by atoms with E-state index in [1.807, 2.05) is 20.2 Å². The van der Waals surface area contributed by atoms with Crippen LogP contribution in [0.5, 0.6) is 0 Å². The normalized spacial score (nSPS) is 12.2. The first-order valence-corrected chi connectivity index (χ1v) is 7.79. The van der Waals surface area contributed by atoms with Crippen LogP contribution in [-0.2, 0) is 23.6 Å². The minimum absolute atomic E-state index is 0.517. The molecule has 0 spiro atoms. The Morgan fingerprint density at radius 1 is 1.50 bits per heavy atom. The lowest BCUT2D eigenvalue weighted by Crippen LogP contribution is -2.32. The van der Waals surface area contributed by atoms with Gasteiger partial charge in [-0.1, -0.05) is 12.1 Å². The van der Waals surface area contributed by atoms with Gasteiger partial charge in [-0.2, -0.15) is 0 Å². The Kier molecular flexibility index (Phi) is 5.70. The van der Waals surface area contributed by atoms with E-state index in [4.69, 9.17) is 0 Å². The van der Waals surface area contributed by atoms with E-state index in [2.05, 4.69) is 15.6 Å². The third-order valence-corrected chi connectivity index (χ3v) is 3.92. The van der Waals surface area contributed by atoms with E-state index in [1.54, 1.807) is 4.68 Å². The predicted octanol–water partition coefficient (Wildman–Crippen LogP) is -0.424. The van der Waals surface area contributed by atoms with E-state index in [0.29, 0.717) is 19.6 Å². The van der Waals surface area contributed by atoms with Crippen molar-refractivity contribution in [2.45, 2.75) is 19.9 Å². The molecule has 0 unspecified atom stereocenters. The van der Waals surface area contributed by atoms with Gasteiger partial charge in [0, 0.05) is 32.9 Å². The molecule has 0 amide bonds. The molecule has 104 valence electrons. The van der Waals surface area contributed by atoms with E-state index < -0.39 is 10.0 Å². The van der Waals surface area contributed by atoms with Crippen molar-refractivity contribution in [1.82, 2.24) is 24.6 Å². The van der Waals surface area contributed by atoms with Crippen LogP contribution in [0.1, 0.15) is 19.0 Å². The average molecular weight is 275 g/mol. The van der Waals surface area contributed by atoms with Crippen LogP contribution in [-0.4, -0.2) is 53.6 Å². The number of nitrogens with one attached hydrogen (secondary N) is 1. The molecule has 0 saturated carbocycles. The third kappa shape index (κ3) is 5.11. The fourth-order valence-corrected chi connectivity index (χ4v) is 2.56. The molecule has 0 saturated heterocycles. The lowest BCUT2D eigenvalue weighted by Gasteiger charge is -2.17. The second-order valence-electron chi connectivity index (χ2n) is 4.17. The van der Waals surface area contributed by atoms with Gasteiger partial charge in [0.15, 0.2) is 0 Å². The van der Waals surface area contributed by atoms with Crippen molar-refractivity contribution in [3.05, 3.63) is 11.9 Å². The highest BCUT2D eigenvalue weighted by Crippen LogP contribution is 1.98. The lowest BCUT2D eigenvalue weighted by molar-refractivity contribution is 0.419. The van der Waals surface area contributed by atoms with Gasteiger partial charge in [0.1, 0.15) is 0 Å². The molecule has 0 fully saturated rings. The van der Waals surface area contributed by atoms with E-state index in [9.17, 15) is 8.42 Å². The highest BCUT2D eigenvalue weighted by molar-refractivity contribution is 7.88. The molecule has 1 rings (SSSR count). The summed E-state index contributed by atoms with van der Waals surface area (Å²) >= 11 is 0. The molecule has 0 radical (unpaired) electrons. The zero-order valence-corrected chi connectivity index (χ0v) is 11.9. The van der Waals surface area contributed by atoms with E-state index in [1.165, 1.54) is 10.6 Å². The van der Waals surface area contributed by atoms with Gasteiger partial charge in [-0.15, -0.1) is 5.10 Å². The Morgan fingerprint density at radius 2 is 2.22 bits per heavy atom. The Labute approximate surface area is 108 Å². The Hall–Kier alpha value is -0.990. The standard InChI is InChI=1S/C10H21N5O2S/c1-4-15(18(3,16)17)7-5-6-11-8-10-9-14(2)13-12-10/h9,11H,4-8H2,1-3H3. The minimum atomic E-state index is -3.07. The first kappa shape index (κ1) is 15.1. The smallest absolute Gasteiger partial charge is 0.211 e. The third-order valence-electron chi connectivity index (χ3n) is 2.54. The van der Waals surface area contributed by atoms with Crippen LogP contribution in [0.15, 0.2) is 6.20 Å². The van der Waals surface area contributed by atoms with E-state index >= 15 is 0 Å². The number of hydrogen-bond donors (Lipinski definition) is 1. The highest BCUT2D eigenvalue weighted by atomic mass is 32.2. The van der Waals surface area contributed by atoms with Crippen LogP contribution in [0, 0.1) is 0 Å². The topological polar surface area (TPSA) is 80.1 Å². The first-order valence-electron chi connectivity index (χ1n) is 5.94. The molecule has 1 aromatic heterocycles. The molecule has 0 bridgehead atoms. The molecular weight excluding hydrogens is 254 g/mol. The monoisotopic (exact) mass is 275 g/mol. The fourth-order valence-electron chi connectivity index (χ4n) is 1.63. The van der Waals surface area contributed by atoms with Gasteiger partial charge < -0.3 is 5.32 Å². The molecule has 18 heavy (non-hydrogen) atoms. The second-order valence-corrected chi connectivity index (χ2v) is 6.15. The summed E-state index contributed by atoms with van der Waals surface area (Å²) in [6.45, 7) is 4.31. The van der Waals surface area contributed by atoms with Gasteiger partial charge in [-0.25, -0.2) is 12.7 Å². The van der Waals surface area contributed by atoms with Crippen LogP contribution in [0.2, 0.25) is 0 Å². The van der Waals surface area contributed by atoms with Gasteiger partial charge in [-0.3, -0.25) is 4.68 Å². The molecule has 0 atom stereocenters. The maximum absolute atomic E-state index is 11.3. The van der Waals surface area contributed by atoms with Gasteiger partial charge in [-0.05, 0) is 13.0 Å². The minimum Gasteiger partial charge on any atom is -0.311 e. The van der Waals surface area contributed by atoms with Crippen LogP contribution in [0.3, 0.4) is 0 Å². The number of rotatable bonds is 8. The maximum atomic E-state index is 11.3. The zero-order chi connectivity index (χ0) is 13.6. The molecule has 7 nitrogen and oxygen atoms in total. The summed E-state index contributed by atoms with van der Waals surface area (Å²) in [5.74, 6) is 0. The first-order chi connectivity index (χ1) is 8.43. The molecule has 0 aromatic carbocycles. The zero-order valence-electron chi connectivity index (χ0n) is 11.1. The lowest BCUT2D eigenvalue weighted by atomic mass is 10.4. The van der Waals surface area contributed by atoms with Crippen molar-refractivity contribution in [2.24, 2.45) is 7.05 Å². The number of nitrogens with zero attached hydrogens (tertiary/aromatic N) is 4. The van der Waals surface area contributed by atoms with Gasteiger partial charge >= 0.3 is 0 Å². The number of hydrogen-bond acceptors (Lipinski definition) is 5. The SMILES string of the molecule is CCN(CCCNCc1cn(C)nn1)S(C)(=O)=O. The number of sulfonamides is 1. The Morgan fingerprint density at radius 3 is 2.72 bits per heavy atom. The largest absolute Gasteiger partial charge is 0.311 e. The van der Waals surface area contributed by atoms with Gasteiger partial charge in [0.2, 0.25) is 10.0 Å². The van der Waals surface area contributed by atoms with Crippen molar-refractivity contribution in [2.75, 3.05) is 25.9 Å². The van der Waals surface area contributed by atoms with Crippen molar-refractivity contribution in [1.29, 1.82) is 0 Å². The van der Waals surface area contributed by atoms with Crippen LogP contribution in [0.4, 0.5) is 0 Å². The Bertz CT molecular complexity index is 457. The molecule has 8 heteroatoms. The number of aromatic nitrogens is 3. The molecule has 0 aliphatic rings. The van der Waals surface area contributed by atoms with Crippen LogP contribution < -0.4 is 5.32 Å². The summed E-state index contributed by atoms with van der Waals surface area (Å²) in [5.41, 5.74) is 0.882. The van der Waals surface area contributed by atoms with Crippen molar-refractivity contribution in [3.63, 3.8) is 0 Å². The molecule has 1 N–H and O–H groups in total. The summed E-state index contributed by atoms with van der Waals surface area (Å²) in [4.78, 5) is 0. The highest BCUT2D eigenvalue weighted by Gasteiger charge is 2.12. The average Bonchev–Trinajstić information content (AvgIpc) is 2.67. The van der Waals surface area contributed by atoms with E-state index in [0.717, 1.165) is 18.7 Å². The molecule has 1 aromatic rings. The predicted molar refractivity (Wildman–Crippen MR) is 69.4 cm³/mol. The molecule has 0 aliphatic heterocycles. The summed E-state index contributed by atoms with van der Waals surface area (Å²) in [5, 5.41) is 11.0. The number of aryl methyl sites for hydroxylation is 1. The second kappa shape index (κ2) is 6.81. The van der Waals surface area contributed by atoms with Crippen molar-refractivity contribution < 1.29 is 8.42 Å². The quantitative estimate of drug-likeness (QED) is 0.652. The summed E-state index contributed by atoms with van der Waals surface area (Å²) in [6, 6.07) is 0. The summed E-state index contributed by atoms with van der Waals surface area (Å²) in [7, 11) is -1.25. The summed E-state index contributed by atoms with van der Waals surface area (Å²) in [6.07, 6.45) is 3.87. The molecule has 0 aliphatic carbocycles. The Balaban J connectivity index is 2.19. The summed E-state index contributed by atoms with van der Waals surface area (Å²) < 4.78 is 25.8.